The molecule has 1 aromatic rings. The number of amides is 1. The van der Waals surface area contributed by atoms with Gasteiger partial charge < -0.3 is 21.7 Å². The molecule has 5 heteroatoms. The van der Waals surface area contributed by atoms with Gasteiger partial charge in [-0.15, -0.1) is 0 Å². The zero-order valence-electron chi connectivity index (χ0n) is 13.7. The summed E-state index contributed by atoms with van der Waals surface area (Å²) in [5.41, 5.74) is 13.7. The van der Waals surface area contributed by atoms with Gasteiger partial charge >= 0.3 is 0 Å². The lowest BCUT2D eigenvalue weighted by Gasteiger charge is -2.27. The van der Waals surface area contributed by atoms with Crippen LogP contribution in [0.5, 0.6) is 0 Å². The van der Waals surface area contributed by atoms with Gasteiger partial charge in [-0.25, -0.2) is 0 Å². The molecule has 3 rings (SSSR count). The van der Waals surface area contributed by atoms with Gasteiger partial charge in [-0.2, -0.15) is 0 Å². The van der Waals surface area contributed by atoms with Gasteiger partial charge in [0.05, 0.1) is 0 Å². The van der Waals surface area contributed by atoms with Gasteiger partial charge in [0.15, 0.2) is 0 Å². The van der Waals surface area contributed by atoms with E-state index in [1.165, 1.54) is 12.8 Å². The lowest BCUT2D eigenvalue weighted by Crippen LogP contribution is -2.40. The average molecular weight is 316 g/mol. The highest BCUT2D eigenvalue weighted by molar-refractivity contribution is 5.84. The van der Waals surface area contributed by atoms with Crippen molar-refractivity contribution >= 4 is 17.3 Å². The average Bonchev–Trinajstić information content (AvgIpc) is 3.05. The Kier molecular flexibility index (Phi) is 5.06. The van der Waals surface area contributed by atoms with Crippen molar-refractivity contribution in [3.8, 4) is 0 Å². The second-order valence-electron chi connectivity index (χ2n) is 6.96. The summed E-state index contributed by atoms with van der Waals surface area (Å²) in [7, 11) is 0. The van der Waals surface area contributed by atoms with Crippen LogP contribution in [0.25, 0.3) is 0 Å². The first-order valence-electron chi connectivity index (χ1n) is 8.79. The van der Waals surface area contributed by atoms with Crippen LogP contribution in [-0.2, 0) is 4.79 Å². The van der Waals surface area contributed by atoms with Crippen molar-refractivity contribution in [2.45, 2.75) is 50.6 Å². The Hall–Kier alpha value is -1.75. The summed E-state index contributed by atoms with van der Waals surface area (Å²) in [6.45, 7) is 1.92. The largest absolute Gasteiger partial charge is 0.385 e. The molecule has 5 N–H and O–H groups in total. The molecule has 0 unspecified atom stereocenters. The minimum absolute atomic E-state index is 0.153. The monoisotopic (exact) mass is 316 g/mol. The Morgan fingerprint density at radius 1 is 1.13 bits per heavy atom. The summed E-state index contributed by atoms with van der Waals surface area (Å²) < 4.78 is 0. The highest BCUT2D eigenvalue weighted by atomic mass is 16.1. The standard InChI is InChI=1S/C18H28N4O/c19-14-5-3-13(4-6-14)12-21-15-7-9-16(10-8-15)22-11-1-2-17(22)18(20)23/h7-10,13-14,17,21H,1-6,11-12,19H2,(H2,20,23)/t13?,14?,17-/m0/s1. The van der Waals surface area contributed by atoms with Crippen molar-refractivity contribution in [1.29, 1.82) is 0 Å². The van der Waals surface area contributed by atoms with E-state index in [9.17, 15) is 4.79 Å². The molecule has 0 radical (unpaired) electrons. The molecule has 0 bridgehead atoms. The first kappa shape index (κ1) is 16.1. The molecule has 1 saturated heterocycles. The van der Waals surface area contributed by atoms with Crippen LogP contribution in [0, 0.1) is 5.92 Å². The number of primary amides is 1. The van der Waals surface area contributed by atoms with E-state index >= 15 is 0 Å². The fourth-order valence-corrected chi connectivity index (χ4v) is 3.80. The SMILES string of the molecule is NC(=O)[C@@H]1CCCN1c1ccc(NCC2CCC(N)CC2)cc1. The minimum Gasteiger partial charge on any atom is -0.385 e. The minimum atomic E-state index is -0.222. The number of hydrogen-bond acceptors (Lipinski definition) is 4. The third-order valence-electron chi connectivity index (χ3n) is 5.27. The lowest BCUT2D eigenvalue weighted by atomic mass is 9.86. The first-order chi connectivity index (χ1) is 11.1. The van der Waals surface area contributed by atoms with E-state index in [-0.39, 0.29) is 11.9 Å². The quantitative estimate of drug-likeness (QED) is 0.776. The summed E-state index contributed by atoms with van der Waals surface area (Å²) in [5.74, 6) is 0.507. The van der Waals surface area contributed by atoms with E-state index in [2.05, 4.69) is 34.5 Å². The van der Waals surface area contributed by atoms with Gasteiger partial charge in [0, 0.05) is 30.5 Å². The van der Waals surface area contributed by atoms with Crippen molar-refractivity contribution < 1.29 is 4.79 Å². The molecule has 1 saturated carbocycles. The Bertz CT molecular complexity index is 522. The van der Waals surface area contributed by atoms with Crippen LogP contribution in [0.1, 0.15) is 38.5 Å². The Morgan fingerprint density at radius 3 is 2.48 bits per heavy atom. The normalized spacial score (nSPS) is 27.9. The Balaban J connectivity index is 1.54. The maximum absolute atomic E-state index is 11.5. The molecule has 5 nitrogen and oxygen atoms in total. The van der Waals surface area contributed by atoms with Crippen LogP contribution < -0.4 is 21.7 Å². The molecule has 1 aliphatic heterocycles. The van der Waals surface area contributed by atoms with Gasteiger partial charge in [-0.05, 0) is 68.7 Å². The highest BCUT2D eigenvalue weighted by Crippen LogP contribution is 2.27. The van der Waals surface area contributed by atoms with E-state index < -0.39 is 0 Å². The van der Waals surface area contributed by atoms with E-state index in [4.69, 9.17) is 11.5 Å². The van der Waals surface area contributed by atoms with E-state index in [1.807, 2.05) is 0 Å². The molecule has 2 fully saturated rings. The van der Waals surface area contributed by atoms with Crippen LogP contribution in [-0.4, -0.2) is 31.1 Å². The topological polar surface area (TPSA) is 84.4 Å². The number of anilines is 2. The highest BCUT2D eigenvalue weighted by Gasteiger charge is 2.29. The van der Waals surface area contributed by atoms with Gasteiger partial charge in [-0.1, -0.05) is 0 Å². The molecule has 1 heterocycles. The number of carbonyl (C=O) groups excluding carboxylic acids is 1. The molecule has 126 valence electrons. The second-order valence-corrected chi connectivity index (χ2v) is 6.96. The number of nitrogens with one attached hydrogen (secondary N) is 1. The molecule has 0 spiro atoms. The summed E-state index contributed by atoms with van der Waals surface area (Å²) in [6.07, 6.45) is 6.63. The Labute approximate surface area is 138 Å². The van der Waals surface area contributed by atoms with E-state index in [0.717, 1.165) is 56.1 Å². The maximum Gasteiger partial charge on any atom is 0.240 e. The van der Waals surface area contributed by atoms with Crippen LogP contribution in [0.2, 0.25) is 0 Å². The van der Waals surface area contributed by atoms with Gasteiger partial charge in [-0.3, -0.25) is 4.79 Å². The first-order valence-corrected chi connectivity index (χ1v) is 8.79. The molecule has 1 aliphatic carbocycles. The predicted molar refractivity (Wildman–Crippen MR) is 94.4 cm³/mol. The fourth-order valence-electron chi connectivity index (χ4n) is 3.80. The van der Waals surface area contributed by atoms with Crippen molar-refractivity contribution in [3.05, 3.63) is 24.3 Å². The molecule has 0 aromatic heterocycles. The number of rotatable bonds is 5. The number of benzene rings is 1. The van der Waals surface area contributed by atoms with Gasteiger partial charge in [0.2, 0.25) is 5.91 Å². The molecule has 1 amide bonds. The molecular weight excluding hydrogens is 288 g/mol. The number of nitrogens with two attached hydrogens (primary N) is 2. The third kappa shape index (κ3) is 3.96. The van der Waals surface area contributed by atoms with Crippen LogP contribution in [0.4, 0.5) is 11.4 Å². The summed E-state index contributed by atoms with van der Waals surface area (Å²) in [4.78, 5) is 13.6. The number of carbonyl (C=O) groups is 1. The van der Waals surface area contributed by atoms with E-state index in [1.54, 1.807) is 0 Å². The molecule has 1 atom stereocenters. The second kappa shape index (κ2) is 7.21. The zero-order chi connectivity index (χ0) is 16.2. The number of hydrogen-bond donors (Lipinski definition) is 3. The number of nitrogens with zero attached hydrogens (tertiary/aromatic N) is 1. The van der Waals surface area contributed by atoms with Crippen LogP contribution in [0.15, 0.2) is 24.3 Å². The molecule has 23 heavy (non-hydrogen) atoms. The smallest absolute Gasteiger partial charge is 0.240 e. The van der Waals surface area contributed by atoms with Crippen molar-refractivity contribution in [1.82, 2.24) is 0 Å². The summed E-state index contributed by atoms with van der Waals surface area (Å²) in [5, 5.41) is 3.53. The van der Waals surface area contributed by atoms with Gasteiger partial charge in [0.25, 0.3) is 0 Å². The third-order valence-corrected chi connectivity index (χ3v) is 5.27. The van der Waals surface area contributed by atoms with Crippen LogP contribution >= 0.6 is 0 Å². The van der Waals surface area contributed by atoms with Crippen molar-refractivity contribution in [2.75, 3.05) is 23.3 Å². The Morgan fingerprint density at radius 2 is 1.83 bits per heavy atom. The zero-order valence-corrected chi connectivity index (χ0v) is 13.7. The molecule has 1 aromatic carbocycles. The van der Waals surface area contributed by atoms with Crippen molar-refractivity contribution in [3.63, 3.8) is 0 Å². The predicted octanol–water partition coefficient (Wildman–Crippen LogP) is 2.07. The fraction of sp³-hybridized carbons (Fsp3) is 0.611. The summed E-state index contributed by atoms with van der Waals surface area (Å²) in [6, 6.07) is 8.62. The van der Waals surface area contributed by atoms with Crippen molar-refractivity contribution in [2.24, 2.45) is 17.4 Å². The van der Waals surface area contributed by atoms with Gasteiger partial charge in [0.1, 0.15) is 6.04 Å². The molecular formula is C18H28N4O. The van der Waals surface area contributed by atoms with Crippen LogP contribution in [0.3, 0.4) is 0 Å². The van der Waals surface area contributed by atoms with E-state index in [0.29, 0.717) is 6.04 Å². The summed E-state index contributed by atoms with van der Waals surface area (Å²) >= 11 is 0. The lowest BCUT2D eigenvalue weighted by molar-refractivity contribution is -0.119. The molecule has 2 aliphatic rings. The maximum atomic E-state index is 11.5.